The first-order valence-corrected chi connectivity index (χ1v) is 5.90. The van der Waals surface area contributed by atoms with E-state index in [9.17, 15) is 8.42 Å². The molecular formula is C9H15ClN2O2S. The SMILES string of the molecule is Cl.NCCCNS(=O)(=O)c1ccccc1. The van der Waals surface area contributed by atoms with Gasteiger partial charge in [0.05, 0.1) is 4.90 Å². The van der Waals surface area contributed by atoms with Gasteiger partial charge in [-0.1, -0.05) is 18.2 Å². The smallest absolute Gasteiger partial charge is 0.240 e. The predicted molar refractivity (Wildman–Crippen MR) is 62.5 cm³/mol. The maximum Gasteiger partial charge on any atom is 0.240 e. The summed E-state index contributed by atoms with van der Waals surface area (Å²) >= 11 is 0. The Morgan fingerprint density at radius 3 is 2.33 bits per heavy atom. The van der Waals surface area contributed by atoms with Crippen molar-refractivity contribution in [3.63, 3.8) is 0 Å². The Kier molecular flexibility index (Phi) is 6.51. The highest BCUT2D eigenvalue weighted by Crippen LogP contribution is 2.06. The quantitative estimate of drug-likeness (QED) is 0.757. The lowest BCUT2D eigenvalue weighted by molar-refractivity contribution is 0.579. The molecule has 0 aliphatic rings. The Hall–Kier alpha value is -0.620. The number of sulfonamides is 1. The summed E-state index contributed by atoms with van der Waals surface area (Å²) in [4.78, 5) is 0.289. The number of nitrogens with two attached hydrogens (primary N) is 1. The van der Waals surface area contributed by atoms with Crippen LogP contribution < -0.4 is 10.5 Å². The summed E-state index contributed by atoms with van der Waals surface area (Å²) in [7, 11) is -3.34. The van der Waals surface area contributed by atoms with Crippen molar-refractivity contribution in [2.24, 2.45) is 5.73 Å². The van der Waals surface area contributed by atoms with E-state index in [1.807, 2.05) is 0 Å². The maximum absolute atomic E-state index is 11.6. The Balaban J connectivity index is 0.00000196. The zero-order chi connectivity index (χ0) is 10.4. The second-order valence-corrected chi connectivity index (χ2v) is 4.62. The van der Waals surface area contributed by atoms with Crippen LogP contribution in [0.2, 0.25) is 0 Å². The van der Waals surface area contributed by atoms with Gasteiger partial charge >= 0.3 is 0 Å². The van der Waals surface area contributed by atoms with Crippen molar-refractivity contribution in [2.45, 2.75) is 11.3 Å². The molecule has 3 N–H and O–H groups in total. The minimum absolute atomic E-state index is 0. The number of rotatable bonds is 5. The van der Waals surface area contributed by atoms with Crippen molar-refractivity contribution in [1.82, 2.24) is 4.72 Å². The van der Waals surface area contributed by atoms with Crippen molar-refractivity contribution >= 4 is 22.4 Å². The molecule has 0 saturated heterocycles. The van der Waals surface area contributed by atoms with E-state index in [0.29, 0.717) is 19.5 Å². The molecule has 1 rings (SSSR count). The Bertz CT molecular complexity index is 367. The molecule has 0 fully saturated rings. The molecule has 0 heterocycles. The average Bonchev–Trinajstić information content (AvgIpc) is 2.19. The predicted octanol–water partition coefficient (Wildman–Crippen LogP) is 0.735. The Morgan fingerprint density at radius 1 is 1.20 bits per heavy atom. The van der Waals surface area contributed by atoms with E-state index in [2.05, 4.69) is 4.72 Å². The molecule has 1 aromatic carbocycles. The minimum Gasteiger partial charge on any atom is -0.330 e. The van der Waals surface area contributed by atoms with Gasteiger partial charge in [0.2, 0.25) is 10.0 Å². The molecule has 6 heteroatoms. The van der Waals surface area contributed by atoms with Crippen molar-refractivity contribution in [2.75, 3.05) is 13.1 Å². The fourth-order valence-corrected chi connectivity index (χ4v) is 2.09. The van der Waals surface area contributed by atoms with Crippen molar-refractivity contribution < 1.29 is 8.42 Å². The molecule has 4 nitrogen and oxygen atoms in total. The van der Waals surface area contributed by atoms with Gasteiger partial charge in [-0.2, -0.15) is 0 Å². The van der Waals surface area contributed by atoms with Crippen LogP contribution in [0.3, 0.4) is 0 Å². The molecule has 0 spiro atoms. The third-order valence-corrected chi connectivity index (χ3v) is 3.20. The molecule has 0 unspecified atom stereocenters. The van der Waals surface area contributed by atoms with Crippen LogP contribution >= 0.6 is 12.4 Å². The van der Waals surface area contributed by atoms with E-state index in [1.54, 1.807) is 30.3 Å². The molecule has 0 radical (unpaired) electrons. The fraction of sp³-hybridized carbons (Fsp3) is 0.333. The van der Waals surface area contributed by atoms with Gasteiger partial charge in [0.1, 0.15) is 0 Å². The first-order chi connectivity index (χ1) is 6.67. The molecule has 86 valence electrons. The normalized spacial score (nSPS) is 10.7. The maximum atomic E-state index is 11.6. The second-order valence-electron chi connectivity index (χ2n) is 2.85. The molecule has 0 atom stereocenters. The topological polar surface area (TPSA) is 72.2 Å². The average molecular weight is 251 g/mol. The summed E-state index contributed by atoms with van der Waals surface area (Å²) in [5.41, 5.74) is 5.26. The third-order valence-electron chi connectivity index (χ3n) is 1.73. The molecule has 0 aliphatic carbocycles. The monoisotopic (exact) mass is 250 g/mol. The van der Waals surface area contributed by atoms with E-state index in [0.717, 1.165) is 0 Å². The van der Waals surface area contributed by atoms with Crippen molar-refractivity contribution in [3.05, 3.63) is 30.3 Å². The van der Waals surface area contributed by atoms with Gasteiger partial charge in [-0.05, 0) is 25.1 Å². The second kappa shape index (κ2) is 6.79. The lowest BCUT2D eigenvalue weighted by Gasteiger charge is -2.04. The highest BCUT2D eigenvalue weighted by atomic mass is 35.5. The van der Waals surface area contributed by atoms with Gasteiger partial charge in [-0.3, -0.25) is 0 Å². The van der Waals surface area contributed by atoms with Gasteiger partial charge in [0.15, 0.2) is 0 Å². The number of nitrogens with one attached hydrogen (secondary N) is 1. The fourth-order valence-electron chi connectivity index (χ4n) is 0.992. The van der Waals surface area contributed by atoms with Crippen LogP contribution in [-0.4, -0.2) is 21.5 Å². The van der Waals surface area contributed by atoms with E-state index >= 15 is 0 Å². The van der Waals surface area contributed by atoms with E-state index in [4.69, 9.17) is 5.73 Å². The molecule has 15 heavy (non-hydrogen) atoms. The molecule has 0 amide bonds. The summed E-state index contributed by atoms with van der Waals surface area (Å²) in [5.74, 6) is 0. The molecule has 0 aromatic heterocycles. The Labute approximate surface area is 96.3 Å². The van der Waals surface area contributed by atoms with Crippen LogP contribution in [0.25, 0.3) is 0 Å². The summed E-state index contributed by atoms with van der Waals surface area (Å²) in [5, 5.41) is 0. The van der Waals surface area contributed by atoms with Crippen LogP contribution in [0.5, 0.6) is 0 Å². The lowest BCUT2D eigenvalue weighted by Crippen LogP contribution is -2.26. The van der Waals surface area contributed by atoms with E-state index in [1.165, 1.54) is 0 Å². The van der Waals surface area contributed by atoms with E-state index < -0.39 is 10.0 Å². The molecule has 0 bridgehead atoms. The standard InChI is InChI=1S/C9H14N2O2S.ClH/c10-7-4-8-11-14(12,13)9-5-2-1-3-6-9;/h1-3,5-6,11H,4,7-8,10H2;1H. The number of hydrogen-bond donors (Lipinski definition) is 2. The number of benzene rings is 1. The van der Waals surface area contributed by atoms with E-state index in [-0.39, 0.29) is 17.3 Å². The van der Waals surface area contributed by atoms with Gasteiger partial charge < -0.3 is 5.73 Å². The summed E-state index contributed by atoms with van der Waals surface area (Å²) in [6, 6.07) is 8.28. The summed E-state index contributed by atoms with van der Waals surface area (Å²) < 4.78 is 25.6. The van der Waals surface area contributed by atoms with Gasteiger partial charge in [0, 0.05) is 6.54 Å². The van der Waals surface area contributed by atoms with Crippen LogP contribution in [0.4, 0.5) is 0 Å². The van der Waals surface area contributed by atoms with Crippen LogP contribution in [0.1, 0.15) is 6.42 Å². The van der Waals surface area contributed by atoms with Crippen LogP contribution in [0.15, 0.2) is 35.2 Å². The Morgan fingerprint density at radius 2 is 1.80 bits per heavy atom. The molecular weight excluding hydrogens is 236 g/mol. The molecule has 0 saturated carbocycles. The highest BCUT2D eigenvalue weighted by molar-refractivity contribution is 7.89. The molecule has 0 aliphatic heterocycles. The van der Waals surface area contributed by atoms with Gasteiger partial charge in [0.25, 0.3) is 0 Å². The van der Waals surface area contributed by atoms with Gasteiger partial charge in [-0.25, -0.2) is 13.1 Å². The zero-order valence-corrected chi connectivity index (χ0v) is 9.85. The minimum atomic E-state index is -3.34. The summed E-state index contributed by atoms with van der Waals surface area (Å²) in [6.45, 7) is 0.866. The first-order valence-electron chi connectivity index (χ1n) is 4.41. The van der Waals surface area contributed by atoms with Crippen LogP contribution in [-0.2, 0) is 10.0 Å². The number of halogens is 1. The largest absolute Gasteiger partial charge is 0.330 e. The van der Waals surface area contributed by atoms with Gasteiger partial charge in [-0.15, -0.1) is 12.4 Å². The highest BCUT2D eigenvalue weighted by Gasteiger charge is 2.11. The van der Waals surface area contributed by atoms with Crippen molar-refractivity contribution in [3.8, 4) is 0 Å². The third kappa shape index (κ3) is 4.61. The zero-order valence-electron chi connectivity index (χ0n) is 8.22. The summed E-state index contributed by atoms with van der Waals surface area (Å²) in [6.07, 6.45) is 0.645. The first kappa shape index (κ1) is 14.4. The number of hydrogen-bond acceptors (Lipinski definition) is 3. The molecule has 1 aromatic rings. The van der Waals surface area contributed by atoms with Crippen molar-refractivity contribution in [1.29, 1.82) is 0 Å². The van der Waals surface area contributed by atoms with Crippen LogP contribution in [0, 0.1) is 0 Å². The lowest BCUT2D eigenvalue weighted by atomic mass is 10.4.